The van der Waals surface area contributed by atoms with Gasteiger partial charge in [-0.3, -0.25) is 39.2 Å². The van der Waals surface area contributed by atoms with Crippen LogP contribution >= 0.6 is 11.6 Å². The van der Waals surface area contributed by atoms with Crippen LogP contribution in [0, 0.1) is 54.5 Å². The van der Waals surface area contributed by atoms with Crippen molar-refractivity contribution in [2.75, 3.05) is 73.7 Å². The molecule has 26 heteroatoms. The molecule has 3 amide bonds. The Morgan fingerprint density at radius 2 is 0.956 bits per heavy atom. The van der Waals surface area contributed by atoms with Gasteiger partial charge in [0.15, 0.2) is 17.5 Å². The number of phenolic OH excluding ortho intramolecular Hbond substituents is 1. The molecule has 15 heterocycles. The van der Waals surface area contributed by atoms with Crippen LogP contribution in [0.2, 0.25) is 5.02 Å². The number of benzene rings is 5. The third kappa shape index (κ3) is 11.8. The predicted octanol–water partition coefficient (Wildman–Crippen LogP) is 12.6. The molecule has 8 aliphatic rings. The van der Waals surface area contributed by atoms with Crippen LogP contribution in [0.1, 0.15) is 61.6 Å². The molecule has 0 aliphatic carbocycles. The number of aromatic hydroxyl groups is 1. The highest BCUT2D eigenvalue weighted by molar-refractivity contribution is 6.32. The molecular weight excluding hydrogens is 1470 g/mol. The Hall–Kier alpha value is -13.2. The van der Waals surface area contributed by atoms with E-state index in [9.17, 15) is 19.5 Å². The van der Waals surface area contributed by atoms with Crippen LogP contribution in [0.5, 0.6) is 11.8 Å². The van der Waals surface area contributed by atoms with Gasteiger partial charge in [-0.05, 0) is 130 Å². The Balaban J connectivity index is 0.000000120. The Morgan fingerprint density at radius 1 is 0.518 bits per heavy atom. The van der Waals surface area contributed by atoms with E-state index in [1.807, 2.05) is 51.1 Å². The summed E-state index contributed by atoms with van der Waals surface area (Å²) in [5.41, 5.74) is 3.96. The molecule has 8 fully saturated rings. The number of hydrogen-bond donors (Lipinski definition) is 1. The molecule has 5 aromatic carbocycles. The molecule has 0 spiro atoms. The molecule has 8 aliphatic heterocycles. The maximum absolute atomic E-state index is 16.8. The number of phenols is 1. The zero-order valence-electron chi connectivity index (χ0n) is 61.6. The molecule has 0 saturated carbocycles. The maximum atomic E-state index is 16.8. The van der Waals surface area contributed by atoms with Gasteiger partial charge in [-0.15, -0.1) is 19.3 Å². The SMILES string of the molecule is C#Cc1cccc2cc(Cl)cc(-c3ncc4c(N5C[C@@H]6[C@H]5CCN6C(=O)C=C)ncnc4c3F)c12.C#Cc1cccc2cc(O)cc(-c3ncc4c(N5C[C@@H]6[C@H]5CCN6C(=O)C=C)nc(OCC56CCCN5CCC6)nc4c3F)c12.C#Cc1cccc2cncc(-c3ncc4c(N5C[C@@H]6[C@H]5CCN6C(=O)C=C)ncnc4c3F)c12. The number of terminal acetylenes is 3. The normalized spacial score (nSPS) is 20.1. The van der Waals surface area contributed by atoms with E-state index in [1.54, 1.807) is 67.4 Å². The number of anilines is 3. The topological polar surface area (TPSA) is 232 Å². The fourth-order valence-corrected chi connectivity index (χ4v) is 18.9. The van der Waals surface area contributed by atoms with E-state index in [0.29, 0.717) is 134 Å². The van der Waals surface area contributed by atoms with Crippen molar-refractivity contribution >= 4 is 112 Å². The fourth-order valence-electron chi connectivity index (χ4n) is 18.7. The minimum absolute atomic E-state index is 0.0243. The van der Waals surface area contributed by atoms with Gasteiger partial charge >= 0.3 is 6.01 Å². The fraction of sp³-hybridized carbons (Fsp3) is 0.261. The second-order valence-corrected chi connectivity index (χ2v) is 30.1. The average Bonchev–Trinajstić information content (AvgIpc) is 1.19. The first-order valence-corrected chi connectivity index (χ1v) is 38.1. The summed E-state index contributed by atoms with van der Waals surface area (Å²) in [7, 11) is 0. The summed E-state index contributed by atoms with van der Waals surface area (Å²) in [4.78, 5) is 95.7. The van der Waals surface area contributed by atoms with Crippen LogP contribution in [0.3, 0.4) is 0 Å². The number of aromatic nitrogens is 10. The Kier molecular flexibility index (Phi) is 18.3. The molecule has 12 aromatic rings. The van der Waals surface area contributed by atoms with Crippen molar-refractivity contribution in [1.82, 2.24) is 69.4 Å². The lowest BCUT2D eigenvalue weighted by molar-refractivity contribution is -0.128. The monoisotopic (exact) mass is 1540 g/mol. The summed E-state index contributed by atoms with van der Waals surface area (Å²) in [6.07, 6.45) is 38.9. The number of hydrogen-bond acceptors (Lipinski definition) is 19. The molecule has 7 aromatic heterocycles. The van der Waals surface area contributed by atoms with Crippen molar-refractivity contribution in [1.29, 1.82) is 0 Å². The van der Waals surface area contributed by atoms with Crippen molar-refractivity contribution in [2.24, 2.45) is 0 Å². The first kappa shape index (κ1) is 72.4. The lowest BCUT2D eigenvalue weighted by atomic mass is 9.95. The summed E-state index contributed by atoms with van der Waals surface area (Å²) in [6, 6.07) is 23.7. The minimum Gasteiger partial charge on any atom is -0.508 e. The van der Waals surface area contributed by atoms with Crippen LogP contribution in [-0.2, 0) is 14.4 Å². The second-order valence-electron chi connectivity index (χ2n) is 29.7. The summed E-state index contributed by atoms with van der Waals surface area (Å²) in [6.45, 7) is 17.1. The number of pyridine rings is 4. The highest BCUT2D eigenvalue weighted by atomic mass is 35.5. The van der Waals surface area contributed by atoms with Gasteiger partial charge in [0.25, 0.3) is 0 Å². The van der Waals surface area contributed by atoms with E-state index in [0.717, 1.165) is 74.2 Å². The van der Waals surface area contributed by atoms with Gasteiger partial charge in [0.05, 0.1) is 57.9 Å². The number of nitrogens with zero attached hydrogens (tertiary/aromatic N) is 17. The molecule has 8 saturated heterocycles. The van der Waals surface area contributed by atoms with Crippen LogP contribution in [-0.4, -0.2) is 193 Å². The highest BCUT2D eigenvalue weighted by Crippen LogP contribution is 2.47. The van der Waals surface area contributed by atoms with Crippen molar-refractivity contribution in [2.45, 2.75) is 86.7 Å². The smallest absolute Gasteiger partial charge is 0.319 e. The first-order chi connectivity index (χ1) is 55.5. The van der Waals surface area contributed by atoms with E-state index in [4.69, 9.17) is 40.6 Å². The van der Waals surface area contributed by atoms with Crippen LogP contribution in [0.15, 0.2) is 160 Å². The van der Waals surface area contributed by atoms with Gasteiger partial charge in [-0.2, -0.15) is 9.97 Å². The van der Waals surface area contributed by atoms with Crippen molar-refractivity contribution in [3.63, 3.8) is 0 Å². The standard InChI is InChI=1S/C35H33FN6O3.C27H19ClFN5O.C26H19FN6O/c1-3-21-8-5-9-22-16-23(43)17-24(29(21)22)31-30(36)32-25(18-37-31)33(42-19-27-26(42)10-15-41(27)28(44)4-2)39-34(38-32)45-20-35-11-6-13-40(35)14-7-12-35;1-3-15-6-5-7-16-10-17(28)11-18(23(15)16)25-24(29)26-19(12-30-25)27(32-14-31-26)34-13-21-20(34)8-9-33(21)22(35)4-2;1-3-15-6-5-7-16-10-28-11-17(22(15)16)24-23(27)25-18(12-29-24)26(31-14-30-25)33-13-20-19(33)8-9-32(20)21(34)4-2/h1,4-5,8-9,16-18,26-27,43H,2,6-7,10-15,19-20H2;1,4-7,10-12,14,20-21H,2,8-9,13H2;1,4-7,10-12,14,19-20H,2,8-9,13H2/t26-,27-;20-,21-;19-,20-/m111/s1. The van der Waals surface area contributed by atoms with E-state index in [1.165, 1.54) is 36.9 Å². The highest BCUT2D eigenvalue weighted by Gasteiger charge is 2.53. The van der Waals surface area contributed by atoms with Crippen LogP contribution in [0.4, 0.5) is 30.6 Å². The molecule has 1 N–H and O–H groups in total. The molecule has 0 bridgehead atoms. The number of ether oxygens (including phenoxy) is 1. The lowest BCUT2D eigenvalue weighted by Crippen LogP contribution is -2.63. The van der Waals surface area contributed by atoms with Crippen LogP contribution < -0.4 is 19.4 Å². The minimum atomic E-state index is -0.645. The van der Waals surface area contributed by atoms with Gasteiger partial charge in [-0.1, -0.05) is 85.5 Å². The molecule has 6 atom stereocenters. The zero-order chi connectivity index (χ0) is 78.5. The number of carbonyl (C=O) groups excluding carboxylic acids is 3. The first-order valence-electron chi connectivity index (χ1n) is 37.7. The number of likely N-dealkylation sites (tertiary alicyclic amines) is 3. The van der Waals surface area contributed by atoms with Crippen molar-refractivity contribution in [3.8, 4) is 82.6 Å². The van der Waals surface area contributed by atoms with E-state index in [-0.39, 0.29) is 105 Å². The average molecular weight is 1540 g/mol. The molecule has 0 radical (unpaired) electrons. The van der Waals surface area contributed by atoms with Gasteiger partial charge in [-0.25, -0.2) is 33.1 Å². The lowest BCUT2D eigenvalue weighted by Gasteiger charge is -2.47. The molecular formula is C88H71ClF3N17O5. The third-order valence-corrected chi connectivity index (χ3v) is 24.3. The number of halogens is 4. The molecule has 566 valence electrons. The van der Waals surface area contributed by atoms with Gasteiger partial charge in [0, 0.05) is 130 Å². The van der Waals surface area contributed by atoms with Crippen molar-refractivity contribution in [3.05, 3.63) is 200 Å². The third-order valence-electron chi connectivity index (χ3n) is 24.1. The zero-order valence-corrected chi connectivity index (χ0v) is 62.4. The summed E-state index contributed by atoms with van der Waals surface area (Å²) in [5, 5.41) is 16.9. The number of rotatable bonds is 12. The van der Waals surface area contributed by atoms with Crippen LogP contribution in [0.25, 0.3) is 98.8 Å². The summed E-state index contributed by atoms with van der Waals surface area (Å²) >= 11 is 6.36. The van der Waals surface area contributed by atoms with Crippen molar-refractivity contribution < 1.29 is 37.4 Å². The summed E-state index contributed by atoms with van der Waals surface area (Å²) < 4.78 is 55.0. The number of carbonyl (C=O) groups is 3. The maximum Gasteiger partial charge on any atom is 0.319 e. The molecule has 114 heavy (non-hydrogen) atoms. The van der Waals surface area contributed by atoms with E-state index >= 15 is 13.2 Å². The second kappa shape index (κ2) is 28.9. The molecule has 20 rings (SSSR count). The van der Waals surface area contributed by atoms with Gasteiger partial charge in [0.2, 0.25) is 17.7 Å². The Bertz CT molecular complexity index is 6250. The Labute approximate surface area is 657 Å². The Morgan fingerprint density at radius 3 is 1.45 bits per heavy atom. The number of amides is 3. The van der Waals surface area contributed by atoms with E-state index in [2.05, 4.69) is 102 Å². The number of fused-ring (bicyclic) bond motifs is 10. The summed E-state index contributed by atoms with van der Waals surface area (Å²) in [5.74, 6) is 7.80. The quantitative estimate of drug-likeness (QED) is 0.0884. The van der Waals surface area contributed by atoms with Gasteiger partial charge < -0.3 is 39.2 Å². The van der Waals surface area contributed by atoms with E-state index < -0.39 is 17.5 Å². The van der Waals surface area contributed by atoms with Gasteiger partial charge in [0.1, 0.15) is 76.1 Å². The molecule has 0 unspecified atom stereocenters. The predicted molar refractivity (Wildman–Crippen MR) is 432 cm³/mol. The molecule has 22 nitrogen and oxygen atoms in total. The largest absolute Gasteiger partial charge is 0.508 e.